The summed E-state index contributed by atoms with van der Waals surface area (Å²) in [5.74, 6) is 0.918. The van der Waals surface area contributed by atoms with Gasteiger partial charge in [0.15, 0.2) is 0 Å². The van der Waals surface area contributed by atoms with Crippen molar-refractivity contribution in [2.75, 3.05) is 7.05 Å². The Morgan fingerprint density at radius 2 is 2.00 bits per heavy atom. The molecular formula is C16H23N3O. The Labute approximate surface area is 119 Å². The maximum atomic E-state index is 11.3. The van der Waals surface area contributed by atoms with Crippen LogP contribution in [0.4, 0.5) is 0 Å². The van der Waals surface area contributed by atoms with E-state index < -0.39 is 0 Å². The molecule has 20 heavy (non-hydrogen) atoms. The van der Waals surface area contributed by atoms with E-state index in [1.165, 1.54) is 44.1 Å². The van der Waals surface area contributed by atoms with E-state index in [2.05, 4.69) is 27.4 Å². The van der Waals surface area contributed by atoms with Gasteiger partial charge in [-0.05, 0) is 43.5 Å². The van der Waals surface area contributed by atoms with Crippen LogP contribution in [0.1, 0.15) is 50.1 Å². The average molecular weight is 273 g/mol. The van der Waals surface area contributed by atoms with Crippen molar-refractivity contribution in [2.45, 2.75) is 44.6 Å². The number of benzene rings is 1. The predicted octanol–water partition coefficient (Wildman–Crippen LogP) is 3.09. The predicted molar refractivity (Wildman–Crippen MR) is 81.9 cm³/mol. The Hall–Kier alpha value is -1.55. The van der Waals surface area contributed by atoms with Crippen molar-refractivity contribution in [3.63, 3.8) is 0 Å². The second-order valence-corrected chi connectivity index (χ2v) is 5.95. The second kappa shape index (κ2) is 5.83. The third-order valence-electron chi connectivity index (χ3n) is 4.63. The van der Waals surface area contributed by atoms with E-state index in [1.54, 1.807) is 0 Å². The highest BCUT2D eigenvalue weighted by atomic mass is 16.1. The molecule has 0 saturated heterocycles. The average Bonchev–Trinajstić information content (AvgIpc) is 3.07. The summed E-state index contributed by atoms with van der Waals surface area (Å²) in [4.78, 5) is 16.9. The van der Waals surface area contributed by atoms with Gasteiger partial charge in [-0.25, -0.2) is 4.79 Å². The zero-order chi connectivity index (χ0) is 13.9. The molecular weight excluding hydrogens is 250 g/mol. The summed E-state index contributed by atoms with van der Waals surface area (Å²) >= 11 is 0. The highest BCUT2D eigenvalue weighted by Crippen LogP contribution is 2.31. The van der Waals surface area contributed by atoms with E-state index in [4.69, 9.17) is 0 Å². The quantitative estimate of drug-likeness (QED) is 0.784. The first kappa shape index (κ1) is 13.4. The Kier molecular flexibility index (Phi) is 3.92. The number of hydrogen-bond acceptors (Lipinski definition) is 2. The molecule has 2 aromatic rings. The van der Waals surface area contributed by atoms with Gasteiger partial charge in [-0.15, -0.1) is 0 Å². The van der Waals surface area contributed by atoms with Crippen LogP contribution in [0.25, 0.3) is 11.0 Å². The van der Waals surface area contributed by atoms with Crippen molar-refractivity contribution in [1.29, 1.82) is 0 Å². The van der Waals surface area contributed by atoms with Gasteiger partial charge in [0, 0.05) is 6.04 Å². The molecule has 3 N–H and O–H groups in total. The first-order chi connectivity index (χ1) is 9.76. The molecule has 1 atom stereocenters. The second-order valence-electron chi connectivity index (χ2n) is 5.95. The van der Waals surface area contributed by atoms with Crippen molar-refractivity contribution < 1.29 is 0 Å². The molecule has 4 nitrogen and oxygen atoms in total. The van der Waals surface area contributed by atoms with Crippen LogP contribution in [0.15, 0.2) is 23.0 Å². The SMILES string of the molecule is CNC(CCC1CCCC1)c1ccc2[nH]c(=O)[nH]c2c1. The number of aromatic nitrogens is 2. The van der Waals surface area contributed by atoms with Gasteiger partial charge in [0.2, 0.25) is 0 Å². The van der Waals surface area contributed by atoms with Crippen LogP contribution in [0.5, 0.6) is 0 Å². The van der Waals surface area contributed by atoms with E-state index in [0.717, 1.165) is 17.0 Å². The number of rotatable bonds is 5. The third-order valence-corrected chi connectivity index (χ3v) is 4.63. The molecule has 0 aliphatic heterocycles. The molecule has 1 heterocycles. The lowest BCUT2D eigenvalue weighted by atomic mass is 9.95. The highest BCUT2D eigenvalue weighted by molar-refractivity contribution is 5.75. The molecule has 1 aromatic heterocycles. The minimum absolute atomic E-state index is 0.135. The Morgan fingerprint density at radius 3 is 2.75 bits per heavy atom. The fourth-order valence-corrected chi connectivity index (χ4v) is 3.45. The highest BCUT2D eigenvalue weighted by Gasteiger charge is 2.18. The van der Waals surface area contributed by atoms with Crippen LogP contribution in [-0.2, 0) is 0 Å². The molecule has 0 bridgehead atoms. The number of H-pyrrole nitrogens is 2. The first-order valence-corrected chi connectivity index (χ1v) is 7.65. The topological polar surface area (TPSA) is 60.7 Å². The van der Waals surface area contributed by atoms with Gasteiger partial charge in [0.1, 0.15) is 0 Å². The summed E-state index contributed by atoms with van der Waals surface area (Å²) in [5.41, 5.74) is 2.90. The molecule has 0 spiro atoms. The number of aromatic amines is 2. The van der Waals surface area contributed by atoms with E-state index in [0.29, 0.717) is 6.04 Å². The van der Waals surface area contributed by atoms with Crippen LogP contribution >= 0.6 is 0 Å². The first-order valence-electron chi connectivity index (χ1n) is 7.65. The number of fused-ring (bicyclic) bond motifs is 1. The van der Waals surface area contributed by atoms with E-state index in [-0.39, 0.29) is 5.69 Å². The van der Waals surface area contributed by atoms with Crippen LogP contribution in [0, 0.1) is 5.92 Å². The van der Waals surface area contributed by atoms with Crippen LogP contribution < -0.4 is 11.0 Å². The minimum atomic E-state index is -0.135. The molecule has 1 aromatic carbocycles. The van der Waals surface area contributed by atoms with Crippen LogP contribution in [0.2, 0.25) is 0 Å². The summed E-state index contributed by atoms with van der Waals surface area (Å²) < 4.78 is 0. The monoisotopic (exact) mass is 273 g/mol. The maximum Gasteiger partial charge on any atom is 0.323 e. The summed E-state index contributed by atoms with van der Waals surface area (Å²) in [5, 5.41) is 3.41. The van der Waals surface area contributed by atoms with Crippen molar-refractivity contribution in [2.24, 2.45) is 5.92 Å². The van der Waals surface area contributed by atoms with Crippen molar-refractivity contribution >= 4 is 11.0 Å². The molecule has 0 amide bonds. The molecule has 4 heteroatoms. The molecule has 1 saturated carbocycles. The fraction of sp³-hybridized carbons (Fsp3) is 0.562. The van der Waals surface area contributed by atoms with Gasteiger partial charge in [-0.2, -0.15) is 0 Å². The third kappa shape index (κ3) is 2.80. The Balaban J connectivity index is 1.73. The van der Waals surface area contributed by atoms with Crippen LogP contribution in [-0.4, -0.2) is 17.0 Å². The molecule has 1 aliphatic carbocycles. The lowest BCUT2D eigenvalue weighted by molar-refractivity contribution is 0.427. The van der Waals surface area contributed by atoms with Gasteiger partial charge >= 0.3 is 5.69 Å². The zero-order valence-electron chi connectivity index (χ0n) is 12.0. The van der Waals surface area contributed by atoms with E-state index >= 15 is 0 Å². The molecule has 0 radical (unpaired) electrons. The summed E-state index contributed by atoms with van der Waals surface area (Å²) in [6, 6.07) is 6.56. The molecule has 1 unspecified atom stereocenters. The molecule has 1 fully saturated rings. The van der Waals surface area contributed by atoms with Gasteiger partial charge < -0.3 is 15.3 Å². The molecule has 108 valence electrons. The van der Waals surface area contributed by atoms with Crippen molar-refractivity contribution in [1.82, 2.24) is 15.3 Å². The largest absolute Gasteiger partial charge is 0.323 e. The van der Waals surface area contributed by atoms with Gasteiger partial charge in [-0.3, -0.25) is 0 Å². The fourth-order valence-electron chi connectivity index (χ4n) is 3.45. The lowest BCUT2D eigenvalue weighted by Gasteiger charge is -2.19. The summed E-state index contributed by atoms with van der Waals surface area (Å²) in [6.45, 7) is 0. The minimum Gasteiger partial charge on any atom is -0.313 e. The van der Waals surface area contributed by atoms with E-state index in [1.807, 2.05) is 13.1 Å². The Bertz CT molecular complexity index is 622. The lowest BCUT2D eigenvalue weighted by Crippen LogP contribution is -2.17. The smallest absolute Gasteiger partial charge is 0.313 e. The number of imidazole rings is 1. The van der Waals surface area contributed by atoms with Crippen molar-refractivity contribution in [3.8, 4) is 0 Å². The van der Waals surface area contributed by atoms with Gasteiger partial charge in [0.05, 0.1) is 11.0 Å². The summed E-state index contributed by atoms with van der Waals surface area (Å²) in [6.07, 6.45) is 8.09. The maximum absolute atomic E-state index is 11.3. The Morgan fingerprint density at radius 1 is 1.25 bits per heavy atom. The molecule has 3 rings (SSSR count). The van der Waals surface area contributed by atoms with Gasteiger partial charge in [0.25, 0.3) is 0 Å². The summed E-state index contributed by atoms with van der Waals surface area (Å²) in [7, 11) is 2.02. The zero-order valence-corrected chi connectivity index (χ0v) is 12.0. The van der Waals surface area contributed by atoms with Gasteiger partial charge in [-0.1, -0.05) is 31.7 Å². The standard InChI is InChI=1S/C16H23N3O/c1-17-13(8-6-11-4-2-3-5-11)12-7-9-14-15(10-12)19-16(20)18-14/h7,9-11,13,17H,2-6,8H2,1H3,(H2,18,19,20). The van der Waals surface area contributed by atoms with Crippen LogP contribution in [0.3, 0.4) is 0 Å². The normalized spacial score (nSPS) is 17.9. The van der Waals surface area contributed by atoms with Crippen molar-refractivity contribution in [3.05, 3.63) is 34.2 Å². The number of nitrogens with one attached hydrogen (secondary N) is 3. The van der Waals surface area contributed by atoms with E-state index in [9.17, 15) is 4.79 Å². The molecule has 1 aliphatic rings. The number of hydrogen-bond donors (Lipinski definition) is 3.